The smallest absolute Gasteiger partial charge is 0.234 e. The maximum absolute atomic E-state index is 5.93. The van der Waals surface area contributed by atoms with Gasteiger partial charge in [-0.15, -0.1) is 10.2 Å². The van der Waals surface area contributed by atoms with Crippen LogP contribution in [0.25, 0.3) is 15.5 Å². The number of hydrogen-bond donors (Lipinski definition) is 1. The molecule has 0 unspecified atom stereocenters. The van der Waals surface area contributed by atoms with E-state index in [-0.39, 0.29) is 0 Å². The number of nitrogen functional groups attached to an aromatic ring is 1. The standard InChI is InChI=1S/C12H13N5S/c1-3-10-14-15-12-17(10)16-11(18-12)8-5-4-7(2)9(13)6-8/h4-6H,3,13H2,1-2H3. The van der Waals surface area contributed by atoms with Gasteiger partial charge in [-0.05, 0) is 18.6 Å². The van der Waals surface area contributed by atoms with E-state index < -0.39 is 0 Å². The van der Waals surface area contributed by atoms with Crippen molar-refractivity contribution in [3.63, 3.8) is 0 Å². The molecule has 0 fully saturated rings. The van der Waals surface area contributed by atoms with Crippen LogP contribution >= 0.6 is 11.3 Å². The summed E-state index contributed by atoms with van der Waals surface area (Å²) in [5.74, 6) is 0.882. The number of benzene rings is 1. The van der Waals surface area contributed by atoms with Crippen LogP contribution in [-0.4, -0.2) is 19.8 Å². The van der Waals surface area contributed by atoms with Gasteiger partial charge in [0.05, 0.1) is 0 Å². The van der Waals surface area contributed by atoms with Crippen molar-refractivity contribution >= 4 is 22.0 Å². The molecule has 0 aliphatic carbocycles. The lowest BCUT2D eigenvalue weighted by atomic mass is 10.1. The van der Waals surface area contributed by atoms with Crippen LogP contribution in [0.2, 0.25) is 0 Å². The molecule has 2 aromatic heterocycles. The molecule has 1 aromatic carbocycles. The zero-order chi connectivity index (χ0) is 12.7. The largest absolute Gasteiger partial charge is 0.398 e. The van der Waals surface area contributed by atoms with Crippen molar-refractivity contribution in [3.8, 4) is 10.6 Å². The van der Waals surface area contributed by atoms with Gasteiger partial charge >= 0.3 is 0 Å². The predicted octanol–water partition coefficient (Wildman–Crippen LogP) is 2.31. The van der Waals surface area contributed by atoms with Gasteiger partial charge in [-0.25, -0.2) is 0 Å². The van der Waals surface area contributed by atoms with Gasteiger partial charge < -0.3 is 5.73 Å². The van der Waals surface area contributed by atoms with Gasteiger partial charge in [0.15, 0.2) is 5.82 Å². The van der Waals surface area contributed by atoms with E-state index in [1.54, 1.807) is 4.52 Å². The predicted molar refractivity (Wildman–Crippen MR) is 72.6 cm³/mol. The first-order valence-corrected chi connectivity index (χ1v) is 6.58. The van der Waals surface area contributed by atoms with Gasteiger partial charge in [-0.2, -0.15) is 9.61 Å². The van der Waals surface area contributed by atoms with Crippen molar-refractivity contribution in [2.45, 2.75) is 20.3 Å². The summed E-state index contributed by atoms with van der Waals surface area (Å²) in [7, 11) is 0. The number of nitrogens with zero attached hydrogens (tertiary/aromatic N) is 4. The summed E-state index contributed by atoms with van der Waals surface area (Å²) in [4.78, 5) is 0.820. The molecule has 0 aliphatic rings. The minimum absolute atomic E-state index is 0.786. The second kappa shape index (κ2) is 4.06. The van der Waals surface area contributed by atoms with Crippen LogP contribution in [0.15, 0.2) is 18.2 Å². The average Bonchev–Trinajstić information content (AvgIpc) is 2.92. The third kappa shape index (κ3) is 1.65. The maximum Gasteiger partial charge on any atom is 0.234 e. The molecule has 0 saturated heterocycles. The van der Waals surface area contributed by atoms with E-state index in [2.05, 4.69) is 15.3 Å². The average molecular weight is 259 g/mol. The highest BCUT2D eigenvalue weighted by molar-refractivity contribution is 7.19. The van der Waals surface area contributed by atoms with Crippen LogP contribution in [0.3, 0.4) is 0 Å². The van der Waals surface area contributed by atoms with Gasteiger partial charge in [-0.3, -0.25) is 0 Å². The molecule has 5 nitrogen and oxygen atoms in total. The van der Waals surface area contributed by atoms with E-state index >= 15 is 0 Å². The van der Waals surface area contributed by atoms with Crippen molar-refractivity contribution < 1.29 is 0 Å². The number of anilines is 1. The normalized spacial score (nSPS) is 11.2. The number of rotatable bonds is 2. The van der Waals surface area contributed by atoms with Gasteiger partial charge in [0, 0.05) is 17.7 Å². The van der Waals surface area contributed by atoms with E-state index in [1.807, 2.05) is 32.0 Å². The second-order valence-corrected chi connectivity index (χ2v) is 5.10. The quantitative estimate of drug-likeness (QED) is 0.717. The third-order valence-electron chi connectivity index (χ3n) is 2.90. The minimum Gasteiger partial charge on any atom is -0.398 e. The summed E-state index contributed by atoms with van der Waals surface area (Å²) in [6.45, 7) is 4.03. The zero-order valence-electron chi connectivity index (χ0n) is 10.2. The lowest BCUT2D eigenvalue weighted by Gasteiger charge is -2.01. The maximum atomic E-state index is 5.93. The SMILES string of the molecule is CCc1nnc2sc(-c3ccc(C)c(N)c3)nn12. The highest BCUT2D eigenvalue weighted by Crippen LogP contribution is 2.27. The summed E-state index contributed by atoms with van der Waals surface area (Å²) in [6.07, 6.45) is 0.820. The minimum atomic E-state index is 0.786. The molecule has 0 saturated carbocycles. The van der Waals surface area contributed by atoms with Crippen LogP contribution in [-0.2, 0) is 6.42 Å². The molecule has 18 heavy (non-hydrogen) atoms. The lowest BCUT2D eigenvalue weighted by molar-refractivity contribution is 0.838. The third-order valence-corrected chi connectivity index (χ3v) is 3.85. The molecular weight excluding hydrogens is 246 g/mol. The Hall–Kier alpha value is -1.95. The lowest BCUT2D eigenvalue weighted by Crippen LogP contribution is -1.94. The Kier molecular flexibility index (Phi) is 2.52. The highest BCUT2D eigenvalue weighted by atomic mass is 32.1. The van der Waals surface area contributed by atoms with Crippen molar-refractivity contribution in [1.29, 1.82) is 0 Å². The van der Waals surface area contributed by atoms with Crippen LogP contribution in [0.4, 0.5) is 5.69 Å². The van der Waals surface area contributed by atoms with Crippen LogP contribution in [0.5, 0.6) is 0 Å². The topological polar surface area (TPSA) is 69.1 Å². The van der Waals surface area contributed by atoms with Crippen molar-refractivity contribution in [1.82, 2.24) is 19.8 Å². The summed E-state index contributed by atoms with van der Waals surface area (Å²) < 4.78 is 1.80. The molecule has 0 atom stereocenters. The Balaban J connectivity index is 2.13. The molecule has 0 radical (unpaired) electrons. The van der Waals surface area contributed by atoms with Crippen molar-refractivity contribution in [3.05, 3.63) is 29.6 Å². The molecule has 3 rings (SSSR count). The highest BCUT2D eigenvalue weighted by Gasteiger charge is 2.12. The number of hydrogen-bond acceptors (Lipinski definition) is 5. The Bertz CT molecular complexity index is 712. The fraction of sp³-hybridized carbons (Fsp3) is 0.250. The molecule has 6 heteroatoms. The van der Waals surface area contributed by atoms with Crippen molar-refractivity contribution in [2.24, 2.45) is 0 Å². The first kappa shape index (κ1) is 11.2. The van der Waals surface area contributed by atoms with E-state index in [0.29, 0.717) is 0 Å². The Labute approximate surface area is 108 Å². The number of aryl methyl sites for hydroxylation is 2. The molecular formula is C12H13N5S. The first-order chi connectivity index (χ1) is 8.69. The fourth-order valence-corrected chi connectivity index (χ4v) is 2.62. The van der Waals surface area contributed by atoms with Gasteiger partial charge in [0.2, 0.25) is 4.96 Å². The summed E-state index contributed by atoms with van der Waals surface area (Å²) >= 11 is 1.52. The molecule has 92 valence electrons. The van der Waals surface area contributed by atoms with Crippen LogP contribution in [0, 0.1) is 6.92 Å². The second-order valence-electron chi connectivity index (χ2n) is 4.14. The molecule has 0 spiro atoms. The number of aromatic nitrogens is 4. The fourth-order valence-electron chi connectivity index (χ4n) is 1.77. The van der Waals surface area contributed by atoms with E-state index in [0.717, 1.165) is 39.0 Å². The molecule has 0 amide bonds. The zero-order valence-corrected chi connectivity index (χ0v) is 11.0. The van der Waals surface area contributed by atoms with Gasteiger partial charge in [-0.1, -0.05) is 30.4 Å². The van der Waals surface area contributed by atoms with E-state index in [9.17, 15) is 0 Å². The molecule has 0 bridgehead atoms. The van der Waals surface area contributed by atoms with E-state index in [1.165, 1.54) is 11.3 Å². The number of fused-ring (bicyclic) bond motifs is 1. The van der Waals surface area contributed by atoms with Gasteiger partial charge in [0.25, 0.3) is 0 Å². The Morgan fingerprint density at radius 2 is 2.17 bits per heavy atom. The Morgan fingerprint density at radius 1 is 1.33 bits per heavy atom. The monoisotopic (exact) mass is 259 g/mol. The molecule has 3 aromatic rings. The molecule has 2 N–H and O–H groups in total. The number of nitrogens with two attached hydrogens (primary N) is 1. The van der Waals surface area contributed by atoms with E-state index in [4.69, 9.17) is 5.73 Å². The molecule has 0 aliphatic heterocycles. The van der Waals surface area contributed by atoms with Crippen LogP contribution < -0.4 is 5.73 Å². The summed E-state index contributed by atoms with van der Waals surface area (Å²) in [5.41, 5.74) is 8.82. The first-order valence-electron chi connectivity index (χ1n) is 5.76. The summed E-state index contributed by atoms with van der Waals surface area (Å²) in [6, 6.07) is 5.99. The van der Waals surface area contributed by atoms with Crippen LogP contribution in [0.1, 0.15) is 18.3 Å². The van der Waals surface area contributed by atoms with Gasteiger partial charge in [0.1, 0.15) is 5.01 Å². The Morgan fingerprint density at radius 3 is 2.89 bits per heavy atom. The van der Waals surface area contributed by atoms with Crippen molar-refractivity contribution in [2.75, 3.05) is 5.73 Å². The molecule has 2 heterocycles. The summed E-state index contributed by atoms with van der Waals surface area (Å²) in [5, 5.41) is 13.6.